The van der Waals surface area contributed by atoms with Crippen LogP contribution in [0.4, 0.5) is 0 Å². The third-order valence-corrected chi connectivity index (χ3v) is 6.40. The van der Waals surface area contributed by atoms with E-state index in [9.17, 15) is 13.2 Å². The van der Waals surface area contributed by atoms with Crippen LogP contribution in [-0.4, -0.2) is 46.8 Å². The summed E-state index contributed by atoms with van der Waals surface area (Å²) in [4.78, 5) is 25.3. The first kappa shape index (κ1) is 19.3. The van der Waals surface area contributed by atoms with Gasteiger partial charge in [-0.25, -0.2) is 23.4 Å². The minimum atomic E-state index is -3.05. The Morgan fingerprint density at radius 1 is 1.07 bits per heavy atom. The highest BCUT2D eigenvalue weighted by molar-refractivity contribution is 7.91. The maximum Gasteiger partial charge on any atom is 0.322 e. The summed E-state index contributed by atoms with van der Waals surface area (Å²) in [6.07, 6.45) is 0.433. The lowest BCUT2D eigenvalue weighted by molar-refractivity contribution is 0.0936. The predicted octanol–water partition coefficient (Wildman–Crippen LogP) is 2.35. The number of carbonyl (C=O) groups excluding carboxylic acids is 1. The van der Waals surface area contributed by atoms with Crippen molar-refractivity contribution in [3.05, 3.63) is 53.5 Å². The summed E-state index contributed by atoms with van der Waals surface area (Å²) >= 11 is 0. The minimum absolute atomic E-state index is 0.0203. The Kier molecular flexibility index (Phi) is 4.91. The highest BCUT2D eigenvalue weighted by Crippen LogP contribution is 2.24. The lowest BCUT2D eigenvalue weighted by Crippen LogP contribution is -2.36. The second-order valence-electron chi connectivity index (χ2n) is 7.16. The third-order valence-electron chi connectivity index (χ3n) is 4.63. The van der Waals surface area contributed by atoms with Crippen molar-refractivity contribution in [2.75, 3.05) is 11.5 Å². The number of ether oxygens (including phenoxy) is 1. The number of hydrogen-bond acceptors (Lipinski definition) is 7. The number of aromatic nitrogens is 3. The molecule has 0 spiro atoms. The molecule has 150 valence electrons. The zero-order valence-electron chi connectivity index (χ0n) is 16.0. The number of carbonyl (C=O) groups is 1. The highest BCUT2D eigenvalue weighted by Gasteiger charge is 2.29. The molecule has 8 nitrogen and oxygen atoms in total. The number of amides is 1. The molecule has 0 saturated carbocycles. The van der Waals surface area contributed by atoms with Crippen molar-refractivity contribution in [2.45, 2.75) is 26.3 Å². The van der Waals surface area contributed by atoms with Gasteiger partial charge in [-0.3, -0.25) is 4.79 Å². The van der Waals surface area contributed by atoms with Gasteiger partial charge in [-0.1, -0.05) is 6.07 Å². The van der Waals surface area contributed by atoms with Gasteiger partial charge in [-0.15, -0.1) is 0 Å². The molecule has 1 aliphatic heterocycles. The average molecular weight is 412 g/mol. The fourth-order valence-corrected chi connectivity index (χ4v) is 4.98. The second kappa shape index (κ2) is 7.40. The number of nitrogens with zero attached hydrogens (tertiary/aromatic N) is 3. The Morgan fingerprint density at radius 2 is 1.83 bits per heavy atom. The van der Waals surface area contributed by atoms with Crippen molar-refractivity contribution in [3.63, 3.8) is 0 Å². The molecule has 1 atom stereocenters. The molecule has 4 rings (SSSR count). The Balaban J connectivity index is 1.51. The van der Waals surface area contributed by atoms with Crippen molar-refractivity contribution in [2.24, 2.45) is 0 Å². The molecule has 29 heavy (non-hydrogen) atoms. The van der Waals surface area contributed by atoms with Gasteiger partial charge in [0.1, 0.15) is 11.4 Å². The summed E-state index contributed by atoms with van der Waals surface area (Å²) in [6, 6.07) is 10.5. The van der Waals surface area contributed by atoms with Gasteiger partial charge in [0.15, 0.2) is 9.84 Å². The standard InChI is InChI=1S/C20H20N4O4S/c1-12-9-13(2)22-20(21-12)28-16-4-6-17-14(10-16)3-5-18(24-17)19(25)23-15-7-8-29(26,27)11-15/h3-6,9-10,15H,7-8,11H2,1-2H3,(H,23,25). The number of fused-ring (bicyclic) bond motifs is 1. The summed E-state index contributed by atoms with van der Waals surface area (Å²) in [7, 11) is -3.05. The van der Waals surface area contributed by atoms with Crippen LogP contribution < -0.4 is 10.1 Å². The maximum absolute atomic E-state index is 12.4. The smallest absolute Gasteiger partial charge is 0.322 e. The molecule has 1 amide bonds. The van der Waals surface area contributed by atoms with Crippen molar-refractivity contribution < 1.29 is 17.9 Å². The van der Waals surface area contributed by atoms with Crippen molar-refractivity contribution >= 4 is 26.6 Å². The van der Waals surface area contributed by atoms with Gasteiger partial charge in [0.05, 0.1) is 17.0 Å². The molecule has 9 heteroatoms. The molecule has 3 aromatic rings. The number of sulfone groups is 1. The van der Waals surface area contributed by atoms with Gasteiger partial charge in [0, 0.05) is 22.8 Å². The van der Waals surface area contributed by atoms with Gasteiger partial charge in [-0.05, 0) is 50.6 Å². The Morgan fingerprint density at radius 3 is 2.52 bits per heavy atom. The fourth-order valence-electron chi connectivity index (χ4n) is 3.31. The second-order valence-corrected chi connectivity index (χ2v) is 9.39. The molecule has 1 aromatic carbocycles. The van der Waals surface area contributed by atoms with Crippen molar-refractivity contribution in [1.29, 1.82) is 0 Å². The van der Waals surface area contributed by atoms with Crippen LogP contribution in [0.5, 0.6) is 11.8 Å². The van der Waals surface area contributed by atoms with E-state index in [0.717, 1.165) is 16.8 Å². The molecule has 0 radical (unpaired) electrons. The maximum atomic E-state index is 12.4. The van der Waals surface area contributed by atoms with Crippen molar-refractivity contribution in [1.82, 2.24) is 20.3 Å². The first-order valence-corrected chi connectivity index (χ1v) is 11.0. The number of rotatable bonds is 4. The van der Waals surface area contributed by atoms with Crippen LogP contribution in [-0.2, 0) is 9.84 Å². The van der Waals surface area contributed by atoms with E-state index >= 15 is 0 Å². The fraction of sp³-hybridized carbons (Fsp3) is 0.300. The van der Waals surface area contributed by atoms with Gasteiger partial charge in [-0.2, -0.15) is 0 Å². The van der Waals surface area contributed by atoms with Crippen LogP contribution in [0.2, 0.25) is 0 Å². The summed E-state index contributed by atoms with van der Waals surface area (Å²) in [6.45, 7) is 3.75. The van der Waals surface area contributed by atoms with Crippen LogP contribution >= 0.6 is 0 Å². The summed E-state index contributed by atoms with van der Waals surface area (Å²) in [5, 5.41) is 3.55. The molecule has 1 saturated heterocycles. The summed E-state index contributed by atoms with van der Waals surface area (Å²) < 4.78 is 28.8. The van der Waals surface area contributed by atoms with E-state index in [1.165, 1.54) is 0 Å². The Bertz CT molecular complexity index is 1190. The monoisotopic (exact) mass is 412 g/mol. The quantitative estimate of drug-likeness (QED) is 0.700. The van der Waals surface area contributed by atoms with Crippen molar-refractivity contribution in [3.8, 4) is 11.8 Å². The average Bonchev–Trinajstić information content (AvgIpc) is 2.98. The van der Waals surface area contributed by atoms with E-state index < -0.39 is 9.84 Å². The zero-order chi connectivity index (χ0) is 20.6. The Labute approximate surface area is 168 Å². The molecule has 2 aromatic heterocycles. The lowest BCUT2D eigenvalue weighted by atomic mass is 10.2. The Hall–Kier alpha value is -3.07. The third kappa shape index (κ3) is 4.51. The molecule has 1 aliphatic rings. The molecule has 1 N–H and O–H groups in total. The van der Waals surface area contributed by atoms with Crippen LogP contribution in [0, 0.1) is 13.8 Å². The van der Waals surface area contributed by atoms with Gasteiger partial charge in [0.25, 0.3) is 5.91 Å². The van der Waals surface area contributed by atoms with Gasteiger partial charge < -0.3 is 10.1 Å². The normalized spacial score (nSPS) is 17.9. The zero-order valence-corrected chi connectivity index (χ0v) is 16.9. The van der Waals surface area contributed by atoms with Crippen LogP contribution in [0.15, 0.2) is 36.4 Å². The first-order valence-electron chi connectivity index (χ1n) is 9.20. The van der Waals surface area contributed by atoms with Crippen LogP contribution in [0.25, 0.3) is 10.9 Å². The lowest BCUT2D eigenvalue weighted by Gasteiger charge is -2.11. The largest absolute Gasteiger partial charge is 0.424 e. The first-order chi connectivity index (χ1) is 13.8. The van der Waals surface area contributed by atoms with E-state index in [1.807, 2.05) is 19.9 Å². The van der Waals surface area contributed by atoms with E-state index in [-0.39, 0.29) is 35.2 Å². The minimum Gasteiger partial charge on any atom is -0.424 e. The number of nitrogens with one attached hydrogen (secondary N) is 1. The predicted molar refractivity (Wildman–Crippen MR) is 108 cm³/mol. The molecule has 0 bridgehead atoms. The van der Waals surface area contributed by atoms with E-state index in [0.29, 0.717) is 17.7 Å². The molecular formula is C20H20N4O4S. The number of aryl methyl sites for hydroxylation is 2. The molecular weight excluding hydrogens is 392 g/mol. The SMILES string of the molecule is Cc1cc(C)nc(Oc2ccc3nc(C(=O)NC4CCS(=O)(=O)C4)ccc3c2)n1. The number of benzene rings is 1. The summed E-state index contributed by atoms with van der Waals surface area (Å²) in [5.74, 6) is 0.277. The molecule has 0 aliphatic carbocycles. The van der Waals surface area contributed by atoms with Gasteiger partial charge >= 0.3 is 6.01 Å². The van der Waals surface area contributed by atoms with E-state index in [2.05, 4.69) is 20.3 Å². The van der Waals surface area contributed by atoms with E-state index in [4.69, 9.17) is 4.74 Å². The van der Waals surface area contributed by atoms with Crippen LogP contribution in [0.3, 0.4) is 0 Å². The van der Waals surface area contributed by atoms with Crippen LogP contribution in [0.1, 0.15) is 28.3 Å². The number of pyridine rings is 1. The number of hydrogen-bond donors (Lipinski definition) is 1. The topological polar surface area (TPSA) is 111 Å². The van der Waals surface area contributed by atoms with Gasteiger partial charge in [0.2, 0.25) is 0 Å². The van der Waals surface area contributed by atoms with E-state index in [1.54, 1.807) is 30.3 Å². The molecule has 1 unspecified atom stereocenters. The highest BCUT2D eigenvalue weighted by atomic mass is 32.2. The molecule has 3 heterocycles. The summed E-state index contributed by atoms with van der Waals surface area (Å²) in [5.41, 5.74) is 2.51. The molecule has 1 fully saturated rings.